The van der Waals surface area contributed by atoms with Crippen molar-refractivity contribution in [1.82, 2.24) is 5.32 Å². The van der Waals surface area contributed by atoms with Gasteiger partial charge in [-0.1, -0.05) is 11.6 Å². The van der Waals surface area contributed by atoms with Crippen LogP contribution in [0.5, 0.6) is 0 Å². The highest BCUT2D eigenvalue weighted by Gasteiger charge is 2.32. The molecule has 1 fully saturated rings. The van der Waals surface area contributed by atoms with Crippen molar-refractivity contribution in [3.05, 3.63) is 34.9 Å². The molecule has 0 aliphatic carbocycles. The Labute approximate surface area is 111 Å². The molecule has 1 aromatic rings. The molecule has 0 saturated carbocycles. The maximum absolute atomic E-state index is 11.8. The van der Waals surface area contributed by atoms with Gasteiger partial charge in [-0.25, -0.2) is 0 Å². The first-order valence-corrected chi connectivity index (χ1v) is 6.20. The van der Waals surface area contributed by atoms with Gasteiger partial charge >= 0.3 is 0 Å². The highest BCUT2D eigenvalue weighted by atomic mass is 35.5. The molecule has 5 heteroatoms. The highest BCUT2D eigenvalue weighted by molar-refractivity contribution is 6.30. The van der Waals surface area contributed by atoms with Crippen LogP contribution >= 0.6 is 11.6 Å². The van der Waals surface area contributed by atoms with Gasteiger partial charge in [0.2, 0.25) is 0 Å². The third-order valence-corrected chi connectivity index (χ3v) is 2.92. The maximum Gasteiger partial charge on any atom is 0.251 e. The van der Waals surface area contributed by atoms with Crippen molar-refractivity contribution in [2.45, 2.75) is 25.7 Å². The van der Waals surface area contributed by atoms with E-state index >= 15 is 0 Å². The Morgan fingerprint density at radius 2 is 2.11 bits per heavy atom. The number of benzene rings is 1. The lowest BCUT2D eigenvalue weighted by molar-refractivity contribution is -0.137. The summed E-state index contributed by atoms with van der Waals surface area (Å²) < 4.78 is 11.0. The van der Waals surface area contributed by atoms with Crippen LogP contribution in [-0.4, -0.2) is 30.9 Å². The van der Waals surface area contributed by atoms with Crippen LogP contribution in [0.4, 0.5) is 0 Å². The van der Waals surface area contributed by atoms with Crippen molar-refractivity contribution in [1.29, 1.82) is 0 Å². The second-order valence-electron chi connectivity index (χ2n) is 4.67. The van der Waals surface area contributed by atoms with Crippen LogP contribution < -0.4 is 5.32 Å². The monoisotopic (exact) mass is 269 g/mol. The summed E-state index contributed by atoms with van der Waals surface area (Å²) in [5.41, 5.74) is 0.581. The predicted octanol–water partition coefficient (Wildman–Crippen LogP) is 2.22. The summed E-state index contributed by atoms with van der Waals surface area (Å²) in [5.74, 6) is -0.699. The molecule has 18 heavy (non-hydrogen) atoms. The van der Waals surface area contributed by atoms with Gasteiger partial charge in [0, 0.05) is 17.1 Å². The highest BCUT2D eigenvalue weighted by Crippen LogP contribution is 2.21. The van der Waals surface area contributed by atoms with Gasteiger partial charge in [-0.3, -0.25) is 4.79 Å². The molecule has 98 valence electrons. The van der Waals surface area contributed by atoms with Crippen molar-refractivity contribution >= 4 is 17.5 Å². The fraction of sp³-hybridized carbons (Fsp3) is 0.462. The second-order valence-corrected chi connectivity index (χ2v) is 5.10. The van der Waals surface area contributed by atoms with Crippen molar-refractivity contribution in [3.8, 4) is 0 Å². The van der Waals surface area contributed by atoms with Crippen molar-refractivity contribution in [2.24, 2.45) is 0 Å². The van der Waals surface area contributed by atoms with E-state index < -0.39 is 5.79 Å². The molecule has 1 aliphatic heterocycles. The van der Waals surface area contributed by atoms with Crippen LogP contribution in [0.1, 0.15) is 24.2 Å². The summed E-state index contributed by atoms with van der Waals surface area (Å²) in [7, 11) is 0. The van der Waals surface area contributed by atoms with Crippen molar-refractivity contribution in [3.63, 3.8) is 0 Å². The number of ether oxygens (including phenoxy) is 2. The van der Waals surface area contributed by atoms with E-state index in [2.05, 4.69) is 5.32 Å². The number of carbonyl (C=O) groups is 1. The summed E-state index contributed by atoms with van der Waals surface area (Å²) in [6.45, 7) is 4.64. The molecule has 1 aliphatic rings. The van der Waals surface area contributed by atoms with Crippen molar-refractivity contribution in [2.75, 3.05) is 13.2 Å². The van der Waals surface area contributed by atoms with E-state index in [0.29, 0.717) is 23.7 Å². The Hall–Kier alpha value is -1.10. The van der Waals surface area contributed by atoms with E-state index in [0.717, 1.165) is 0 Å². The predicted molar refractivity (Wildman–Crippen MR) is 68.7 cm³/mol. The fourth-order valence-electron chi connectivity index (χ4n) is 1.77. The number of carbonyl (C=O) groups excluding carboxylic acids is 1. The fourth-order valence-corrected chi connectivity index (χ4v) is 1.90. The standard InChI is InChI=1S/C13H16ClNO3/c1-13(2)17-8-11(18-13)7-15-12(16)9-3-5-10(14)6-4-9/h3-6,11H,7-8H2,1-2H3,(H,15,16). The number of nitrogens with one attached hydrogen (secondary N) is 1. The van der Waals surface area contributed by atoms with Gasteiger partial charge in [-0.2, -0.15) is 0 Å². The minimum Gasteiger partial charge on any atom is -0.349 e. The summed E-state index contributed by atoms with van der Waals surface area (Å²) in [6.07, 6.45) is -0.101. The van der Waals surface area contributed by atoms with Gasteiger partial charge in [-0.15, -0.1) is 0 Å². The zero-order valence-electron chi connectivity index (χ0n) is 10.4. The topological polar surface area (TPSA) is 47.6 Å². The van der Waals surface area contributed by atoms with E-state index in [1.807, 2.05) is 13.8 Å². The van der Waals surface area contributed by atoms with Gasteiger partial charge in [0.05, 0.1) is 6.61 Å². The molecule has 1 aromatic carbocycles. The minimum atomic E-state index is -0.560. The summed E-state index contributed by atoms with van der Waals surface area (Å²) in [4.78, 5) is 11.8. The third-order valence-electron chi connectivity index (χ3n) is 2.66. The molecular weight excluding hydrogens is 254 g/mol. The molecule has 0 bridgehead atoms. The third kappa shape index (κ3) is 3.45. The molecule has 2 rings (SSSR count). The Morgan fingerprint density at radius 1 is 1.44 bits per heavy atom. The lowest BCUT2D eigenvalue weighted by Gasteiger charge is -2.17. The van der Waals surface area contributed by atoms with Crippen LogP contribution in [0.3, 0.4) is 0 Å². The minimum absolute atomic E-state index is 0.101. The molecule has 0 radical (unpaired) electrons. The number of halogens is 1. The average molecular weight is 270 g/mol. The largest absolute Gasteiger partial charge is 0.349 e. The maximum atomic E-state index is 11.8. The second kappa shape index (κ2) is 5.26. The Kier molecular flexibility index (Phi) is 3.90. The number of rotatable bonds is 3. The number of hydrogen-bond donors (Lipinski definition) is 1. The molecule has 0 spiro atoms. The smallest absolute Gasteiger partial charge is 0.251 e. The first-order chi connectivity index (χ1) is 8.46. The quantitative estimate of drug-likeness (QED) is 0.915. The molecule has 0 aromatic heterocycles. The summed E-state index contributed by atoms with van der Waals surface area (Å²) in [5, 5.41) is 3.42. The molecule has 1 saturated heterocycles. The molecule has 1 N–H and O–H groups in total. The number of hydrogen-bond acceptors (Lipinski definition) is 3. The van der Waals surface area contributed by atoms with Crippen molar-refractivity contribution < 1.29 is 14.3 Å². The van der Waals surface area contributed by atoms with E-state index in [4.69, 9.17) is 21.1 Å². The molecular formula is C13H16ClNO3. The lowest BCUT2D eigenvalue weighted by atomic mass is 10.2. The van der Waals surface area contributed by atoms with Gasteiger partial charge in [0.25, 0.3) is 5.91 Å². The van der Waals surface area contributed by atoms with Crippen LogP contribution in [0.15, 0.2) is 24.3 Å². The van der Waals surface area contributed by atoms with Crippen LogP contribution in [0.2, 0.25) is 5.02 Å². The molecule has 1 heterocycles. The molecule has 1 amide bonds. The van der Waals surface area contributed by atoms with Gasteiger partial charge in [0.15, 0.2) is 5.79 Å². The average Bonchev–Trinajstić information content (AvgIpc) is 2.67. The lowest BCUT2D eigenvalue weighted by Crippen LogP contribution is -2.34. The zero-order chi connectivity index (χ0) is 13.2. The number of amides is 1. The van der Waals surface area contributed by atoms with E-state index in [1.165, 1.54) is 0 Å². The van der Waals surface area contributed by atoms with E-state index in [-0.39, 0.29) is 12.0 Å². The van der Waals surface area contributed by atoms with Gasteiger partial charge < -0.3 is 14.8 Å². The molecule has 1 unspecified atom stereocenters. The first kappa shape index (κ1) is 13.3. The van der Waals surface area contributed by atoms with Crippen LogP contribution in [0, 0.1) is 0 Å². The van der Waals surface area contributed by atoms with Gasteiger partial charge in [-0.05, 0) is 38.1 Å². The Bertz CT molecular complexity index is 430. The zero-order valence-corrected chi connectivity index (χ0v) is 11.2. The molecule has 4 nitrogen and oxygen atoms in total. The molecule has 1 atom stereocenters. The SMILES string of the molecule is CC1(C)OCC(CNC(=O)c2ccc(Cl)cc2)O1. The van der Waals surface area contributed by atoms with Crippen LogP contribution in [-0.2, 0) is 9.47 Å². The Balaban J connectivity index is 1.84. The van der Waals surface area contributed by atoms with Crippen LogP contribution in [0.25, 0.3) is 0 Å². The summed E-state index contributed by atoms with van der Waals surface area (Å²) in [6, 6.07) is 6.75. The first-order valence-electron chi connectivity index (χ1n) is 5.82. The normalized spacial score (nSPS) is 21.8. The van der Waals surface area contributed by atoms with E-state index in [1.54, 1.807) is 24.3 Å². The van der Waals surface area contributed by atoms with Gasteiger partial charge in [0.1, 0.15) is 6.10 Å². The summed E-state index contributed by atoms with van der Waals surface area (Å²) >= 11 is 5.76. The Morgan fingerprint density at radius 3 is 2.67 bits per heavy atom. The van der Waals surface area contributed by atoms with E-state index in [9.17, 15) is 4.79 Å².